The van der Waals surface area contributed by atoms with Crippen LogP contribution in [0.2, 0.25) is 0 Å². The van der Waals surface area contributed by atoms with Crippen LogP contribution in [0.3, 0.4) is 0 Å². The molecule has 2 rings (SSSR count). The van der Waals surface area contributed by atoms with E-state index in [9.17, 15) is 8.78 Å². The van der Waals surface area contributed by atoms with Crippen LogP contribution in [0.15, 0.2) is 42.5 Å². The van der Waals surface area contributed by atoms with Gasteiger partial charge in [0, 0.05) is 11.8 Å². The molecular formula is C13H11F2NO. The van der Waals surface area contributed by atoms with Crippen LogP contribution >= 0.6 is 0 Å². The summed E-state index contributed by atoms with van der Waals surface area (Å²) in [7, 11) is 0. The van der Waals surface area contributed by atoms with Gasteiger partial charge in [-0.25, -0.2) is 8.78 Å². The number of nitrogens with two attached hydrogens (primary N) is 1. The van der Waals surface area contributed by atoms with Crippen molar-refractivity contribution in [2.75, 3.05) is 5.73 Å². The van der Waals surface area contributed by atoms with Crippen molar-refractivity contribution < 1.29 is 13.5 Å². The van der Waals surface area contributed by atoms with E-state index in [-0.39, 0.29) is 12.4 Å². The summed E-state index contributed by atoms with van der Waals surface area (Å²) in [6.07, 6.45) is 0. The van der Waals surface area contributed by atoms with E-state index in [1.54, 1.807) is 24.3 Å². The molecule has 0 spiro atoms. The first-order chi connectivity index (χ1) is 8.15. The van der Waals surface area contributed by atoms with E-state index in [2.05, 4.69) is 0 Å². The van der Waals surface area contributed by atoms with Crippen molar-refractivity contribution in [3.63, 3.8) is 0 Å². The van der Waals surface area contributed by atoms with Gasteiger partial charge in [0.05, 0.1) is 0 Å². The van der Waals surface area contributed by atoms with Gasteiger partial charge < -0.3 is 10.5 Å². The zero-order valence-corrected chi connectivity index (χ0v) is 8.99. The van der Waals surface area contributed by atoms with Gasteiger partial charge in [0.25, 0.3) is 0 Å². The lowest BCUT2D eigenvalue weighted by molar-refractivity contribution is 0.288. The molecule has 88 valence electrons. The molecule has 0 aliphatic heterocycles. The molecule has 0 aliphatic carbocycles. The Bertz CT molecular complexity index is 511. The van der Waals surface area contributed by atoms with Crippen LogP contribution in [-0.2, 0) is 6.61 Å². The fourth-order valence-electron chi connectivity index (χ4n) is 1.36. The third-order valence-corrected chi connectivity index (χ3v) is 2.27. The molecule has 0 saturated carbocycles. The minimum Gasteiger partial charge on any atom is -0.486 e. The van der Waals surface area contributed by atoms with Gasteiger partial charge in [0.1, 0.15) is 12.4 Å². The van der Waals surface area contributed by atoms with Crippen LogP contribution < -0.4 is 10.5 Å². The summed E-state index contributed by atoms with van der Waals surface area (Å²) < 4.78 is 31.3. The second-order valence-corrected chi connectivity index (χ2v) is 3.61. The summed E-state index contributed by atoms with van der Waals surface area (Å²) in [4.78, 5) is 0. The van der Waals surface area contributed by atoms with Gasteiger partial charge in [0.2, 0.25) is 0 Å². The van der Waals surface area contributed by atoms with Gasteiger partial charge in [-0.05, 0) is 29.8 Å². The van der Waals surface area contributed by atoms with Crippen LogP contribution in [-0.4, -0.2) is 0 Å². The summed E-state index contributed by atoms with van der Waals surface area (Å²) >= 11 is 0. The molecule has 0 bridgehead atoms. The topological polar surface area (TPSA) is 35.2 Å². The van der Waals surface area contributed by atoms with E-state index in [1.165, 1.54) is 0 Å². The maximum absolute atomic E-state index is 13.2. The number of anilines is 1. The zero-order valence-electron chi connectivity index (χ0n) is 8.99. The Morgan fingerprint density at radius 1 is 1.00 bits per heavy atom. The van der Waals surface area contributed by atoms with Gasteiger partial charge in [0.15, 0.2) is 11.6 Å². The van der Waals surface area contributed by atoms with E-state index in [4.69, 9.17) is 10.5 Å². The van der Waals surface area contributed by atoms with Gasteiger partial charge in [-0.1, -0.05) is 12.1 Å². The Labute approximate surface area is 97.6 Å². The molecule has 2 aromatic rings. The summed E-state index contributed by atoms with van der Waals surface area (Å²) in [5.41, 5.74) is 7.01. The van der Waals surface area contributed by atoms with Crippen LogP contribution in [0.5, 0.6) is 5.75 Å². The molecule has 17 heavy (non-hydrogen) atoms. The van der Waals surface area contributed by atoms with E-state index in [0.29, 0.717) is 5.69 Å². The fraction of sp³-hybridized carbons (Fsp3) is 0.0769. The zero-order chi connectivity index (χ0) is 12.3. The van der Waals surface area contributed by atoms with Crippen LogP contribution in [0.4, 0.5) is 14.5 Å². The highest BCUT2D eigenvalue weighted by molar-refractivity contribution is 5.39. The first-order valence-electron chi connectivity index (χ1n) is 5.07. The predicted octanol–water partition coefficient (Wildman–Crippen LogP) is 3.13. The Kier molecular flexibility index (Phi) is 3.23. The van der Waals surface area contributed by atoms with Crippen molar-refractivity contribution in [1.29, 1.82) is 0 Å². The molecule has 0 saturated heterocycles. The molecule has 0 aromatic heterocycles. The second kappa shape index (κ2) is 4.82. The van der Waals surface area contributed by atoms with Gasteiger partial charge >= 0.3 is 0 Å². The van der Waals surface area contributed by atoms with Crippen LogP contribution in [0.25, 0.3) is 0 Å². The van der Waals surface area contributed by atoms with Crippen molar-refractivity contribution in [2.45, 2.75) is 6.61 Å². The average molecular weight is 235 g/mol. The lowest BCUT2D eigenvalue weighted by Crippen LogP contribution is -1.98. The maximum Gasteiger partial charge on any atom is 0.165 e. The Balaban J connectivity index is 2.07. The number of nitrogen functional groups attached to an aromatic ring is 1. The highest BCUT2D eigenvalue weighted by Crippen LogP contribution is 2.19. The molecule has 0 heterocycles. The third kappa shape index (κ3) is 2.93. The van der Waals surface area contributed by atoms with E-state index < -0.39 is 11.6 Å². The number of hydrogen-bond acceptors (Lipinski definition) is 2. The smallest absolute Gasteiger partial charge is 0.165 e. The van der Waals surface area contributed by atoms with Crippen LogP contribution in [0.1, 0.15) is 5.56 Å². The molecule has 0 unspecified atom stereocenters. The highest BCUT2D eigenvalue weighted by atomic mass is 19.1. The minimum absolute atomic E-state index is 0.0955. The Morgan fingerprint density at radius 2 is 1.71 bits per heavy atom. The molecule has 2 nitrogen and oxygen atoms in total. The lowest BCUT2D eigenvalue weighted by atomic mass is 10.2. The summed E-state index contributed by atoms with van der Waals surface area (Å²) in [5, 5.41) is 0. The standard InChI is InChI=1S/C13H11F2NO/c14-10-3-6-12(15)13(7-10)17-8-9-1-4-11(16)5-2-9/h1-7H,8,16H2. The van der Waals surface area contributed by atoms with Crippen molar-refractivity contribution in [3.05, 3.63) is 59.7 Å². The molecule has 2 aromatic carbocycles. The minimum atomic E-state index is -0.582. The number of hydrogen-bond donors (Lipinski definition) is 1. The number of rotatable bonds is 3. The second-order valence-electron chi connectivity index (χ2n) is 3.61. The Morgan fingerprint density at radius 3 is 2.41 bits per heavy atom. The van der Waals surface area contributed by atoms with E-state index in [0.717, 1.165) is 23.8 Å². The monoisotopic (exact) mass is 235 g/mol. The molecular weight excluding hydrogens is 224 g/mol. The van der Waals surface area contributed by atoms with Gasteiger partial charge in [-0.3, -0.25) is 0 Å². The average Bonchev–Trinajstić information content (AvgIpc) is 2.32. The van der Waals surface area contributed by atoms with Crippen molar-refractivity contribution in [1.82, 2.24) is 0 Å². The molecule has 2 N–H and O–H groups in total. The predicted molar refractivity (Wildman–Crippen MR) is 61.5 cm³/mol. The molecule has 0 fully saturated rings. The Hall–Kier alpha value is -2.10. The van der Waals surface area contributed by atoms with Crippen molar-refractivity contribution in [2.24, 2.45) is 0 Å². The molecule has 0 aliphatic rings. The summed E-state index contributed by atoms with van der Waals surface area (Å²) in [6.45, 7) is 0.167. The fourth-order valence-corrected chi connectivity index (χ4v) is 1.36. The molecule has 0 radical (unpaired) electrons. The third-order valence-electron chi connectivity index (χ3n) is 2.27. The van der Waals surface area contributed by atoms with Gasteiger partial charge in [-0.2, -0.15) is 0 Å². The molecule has 4 heteroatoms. The van der Waals surface area contributed by atoms with E-state index >= 15 is 0 Å². The summed E-state index contributed by atoms with van der Waals surface area (Å²) in [5.74, 6) is -1.21. The van der Waals surface area contributed by atoms with Crippen molar-refractivity contribution >= 4 is 5.69 Å². The normalized spacial score (nSPS) is 10.2. The first kappa shape index (κ1) is 11.4. The number of halogens is 2. The van der Waals surface area contributed by atoms with Crippen LogP contribution in [0, 0.1) is 11.6 Å². The van der Waals surface area contributed by atoms with Gasteiger partial charge in [-0.15, -0.1) is 0 Å². The molecule has 0 atom stereocenters. The number of ether oxygens (including phenoxy) is 1. The summed E-state index contributed by atoms with van der Waals surface area (Å²) in [6, 6.07) is 10.1. The first-order valence-corrected chi connectivity index (χ1v) is 5.07. The van der Waals surface area contributed by atoms with Crippen molar-refractivity contribution in [3.8, 4) is 5.75 Å². The quantitative estimate of drug-likeness (QED) is 0.829. The maximum atomic E-state index is 13.2. The lowest BCUT2D eigenvalue weighted by Gasteiger charge is -2.07. The van der Waals surface area contributed by atoms with E-state index in [1.807, 2.05) is 0 Å². The molecule has 0 amide bonds. The number of benzene rings is 2. The highest BCUT2D eigenvalue weighted by Gasteiger charge is 2.05. The largest absolute Gasteiger partial charge is 0.486 e. The SMILES string of the molecule is Nc1ccc(COc2cc(F)ccc2F)cc1.